The van der Waals surface area contributed by atoms with Gasteiger partial charge in [0.25, 0.3) is 0 Å². The molecule has 2 heteroatoms. The van der Waals surface area contributed by atoms with E-state index in [9.17, 15) is 9.59 Å². The molecule has 15 heavy (non-hydrogen) atoms. The van der Waals surface area contributed by atoms with E-state index in [1.807, 2.05) is 0 Å². The molecule has 1 aromatic rings. The fourth-order valence-corrected chi connectivity index (χ4v) is 1.78. The van der Waals surface area contributed by atoms with Crippen LogP contribution in [0.3, 0.4) is 0 Å². The third kappa shape index (κ3) is 1.34. The van der Waals surface area contributed by atoms with Gasteiger partial charge < -0.3 is 0 Å². The molecular formula is C13H10O2. The molecule has 0 radical (unpaired) electrons. The van der Waals surface area contributed by atoms with Crippen LogP contribution < -0.4 is 0 Å². The largest absolute Gasteiger partial charge is 0.294 e. The zero-order chi connectivity index (χ0) is 11.0. The summed E-state index contributed by atoms with van der Waals surface area (Å²) in [6.45, 7) is 7.33. The third-order valence-electron chi connectivity index (χ3n) is 2.58. The highest BCUT2D eigenvalue weighted by atomic mass is 16.2. The number of rotatable bonds is 2. The van der Waals surface area contributed by atoms with E-state index in [0.29, 0.717) is 11.1 Å². The van der Waals surface area contributed by atoms with Crippen molar-refractivity contribution in [1.29, 1.82) is 0 Å². The lowest BCUT2D eigenvalue weighted by Gasteiger charge is -2.03. The van der Waals surface area contributed by atoms with Crippen molar-refractivity contribution in [3.05, 3.63) is 47.5 Å². The molecule has 1 aliphatic carbocycles. The van der Waals surface area contributed by atoms with E-state index >= 15 is 0 Å². The van der Waals surface area contributed by atoms with Crippen molar-refractivity contribution in [1.82, 2.24) is 0 Å². The first kappa shape index (κ1) is 9.59. The normalized spacial score (nSPS) is 13.9. The maximum Gasteiger partial charge on any atom is 0.171 e. The fourth-order valence-electron chi connectivity index (χ4n) is 1.78. The molecule has 0 heterocycles. The summed E-state index contributed by atoms with van der Waals surface area (Å²) in [7, 11) is 0. The van der Waals surface area contributed by atoms with Gasteiger partial charge in [-0.15, -0.1) is 0 Å². The minimum absolute atomic E-state index is 0.00743. The molecule has 0 aliphatic heterocycles. The van der Waals surface area contributed by atoms with E-state index in [2.05, 4.69) is 13.2 Å². The predicted molar refractivity (Wildman–Crippen MR) is 59.9 cm³/mol. The maximum atomic E-state index is 11.5. The maximum absolute atomic E-state index is 11.5. The summed E-state index contributed by atoms with van der Waals surface area (Å²) in [6, 6.07) is 3.43. The van der Waals surface area contributed by atoms with Gasteiger partial charge >= 0.3 is 0 Å². The topological polar surface area (TPSA) is 34.1 Å². The van der Waals surface area contributed by atoms with Crippen LogP contribution in [0.1, 0.15) is 38.3 Å². The Bertz CT molecular complexity index is 451. The minimum Gasteiger partial charge on any atom is -0.294 e. The molecule has 2 nitrogen and oxygen atoms in total. The Morgan fingerprint density at radius 2 is 1.33 bits per heavy atom. The molecule has 0 atom stereocenters. The molecule has 0 unspecified atom stereocenters. The Hall–Kier alpha value is -1.96. The van der Waals surface area contributed by atoms with Crippen molar-refractivity contribution in [2.24, 2.45) is 0 Å². The van der Waals surface area contributed by atoms with Crippen molar-refractivity contribution in [2.75, 3.05) is 0 Å². The Balaban J connectivity index is 2.73. The molecule has 2 rings (SSSR count). The molecule has 0 amide bonds. The summed E-state index contributed by atoms with van der Waals surface area (Å²) in [5.74, 6) is -0.206. The standard InChI is InChI=1S/C13H10O2/c1-3-8-5-10-11(6-9(8)4-2)13(15)7-12(10)14/h3-6H,1-2,7H2. The summed E-state index contributed by atoms with van der Waals surface area (Å²) in [5, 5.41) is 0. The van der Waals surface area contributed by atoms with Gasteiger partial charge in [0, 0.05) is 11.1 Å². The SMILES string of the molecule is C=Cc1cc2c(cc1C=C)C(=O)CC2=O. The van der Waals surface area contributed by atoms with Crippen molar-refractivity contribution < 1.29 is 9.59 Å². The Kier molecular flexibility index (Phi) is 2.12. The van der Waals surface area contributed by atoms with Crippen LogP contribution in [0.25, 0.3) is 12.2 Å². The van der Waals surface area contributed by atoms with Crippen LogP contribution in [-0.4, -0.2) is 11.6 Å². The van der Waals surface area contributed by atoms with Gasteiger partial charge in [-0.3, -0.25) is 9.59 Å². The first-order valence-electron chi connectivity index (χ1n) is 4.66. The number of hydrogen-bond donors (Lipinski definition) is 0. The number of fused-ring (bicyclic) bond motifs is 1. The van der Waals surface area contributed by atoms with Crippen LogP contribution in [0.2, 0.25) is 0 Å². The fraction of sp³-hybridized carbons (Fsp3) is 0.0769. The van der Waals surface area contributed by atoms with Gasteiger partial charge in [0.2, 0.25) is 0 Å². The van der Waals surface area contributed by atoms with Gasteiger partial charge in [0.1, 0.15) is 0 Å². The van der Waals surface area contributed by atoms with Crippen LogP contribution in [0, 0.1) is 0 Å². The second kappa shape index (κ2) is 3.31. The number of hydrogen-bond acceptors (Lipinski definition) is 2. The van der Waals surface area contributed by atoms with Gasteiger partial charge in [-0.05, 0) is 23.3 Å². The average Bonchev–Trinajstić information content (AvgIpc) is 2.52. The second-order valence-electron chi connectivity index (χ2n) is 3.46. The van der Waals surface area contributed by atoms with E-state index < -0.39 is 0 Å². The molecule has 0 N–H and O–H groups in total. The Morgan fingerprint density at radius 3 is 1.67 bits per heavy atom. The highest BCUT2D eigenvalue weighted by Crippen LogP contribution is 2.26. The number of ketones is 2. The van der Waals surface area contributed by atoms with Crippen molar-refractivity contribution in [3.8, 4) is 0 Å². The van der Waals surface area contributed by atoms with E-state index in [4.69, 9.17) is 0 Å². The minimum atomic E-state index is -0.103. The van der Waals surface area contributed by atoms with Gasteiger partial charge in [0.15, 0.2) is 11.6 Å². The van der Waals surface area contributed by atoms with Gasteiger partial charge in [-0.25, -0.2) is 0 Å². The zero-order valence-corrected chi connectivity index (χ0v) is 8.25. The van der Waals surface area contributed by atoms with Crippen LogP contribution in [0.15, 0.2) is 25.3 Å². The van der Waals surface area contributed by atoms with Gasteiger partial charge in [-0.1, -0.05) is 25.3 Å². The number of Topliss-reactive ketones (excluding diaryl/α,β-unsaturated/α-hetero) is 2. The molecule has 0 saturated heterocycles. The van der Waals surface area contributed by atoms with E-state index in [-0.39, 0.29) is 18.0 Å². The van der Waals surface area contributed by atoms with Crippen LogP contribution in [-0.2, 0) is 0 Å². The number of carbonyl (C=O) groups excluding carboxylic acids is 2. The van der Waals surface area contributed by atoms with Crippen molar-refractivity contribution >= 4 is 23.7 Å². The molecular weight excluding hydrogens is 188 g/mol. The first-order valence-corrected chi connectivity index (χ1v) is 4.66. The highest BCUT2D eigenvalue weighted by molar-refractivity contribution is 6.24. The second-order valence-corrected chi connectivity index (χ2v) is 3.46. The first-order chi connectivity index (χ1) is 7.17. The Labute approximate surface area is 87.9 Å². The van der Waals surface area contributed by atoms with Gasteiger partial charge in [0.05, 0.1) is 6.42 Å². The lowest BCUT2D eigenvalue weighted by molar-refractivity contribution is 0.0923. The van der Waals surface area contributed by atoms with Crippen molar-refractivity contribution in [3.63, 3.8) is 0 Å². The van der Waals surface area contributed by atoms with Crippen LogP contribution in [0.4, 0.5) is 0 Å². The number of carbonyl (C=O) groups is 2. The van der Waals surface area contributed by atoms with E-state index in [0.717, 1.165) is 11.1 Å². The lowest BCUT2D eigenvalue weighted by Crippen LogP contribution is -1.94. The predicted octanol–water partition coefficient (Wildman–Crippen LogP) is 2.74. The molecule has 1 aromatic carbocycles. The molecule has 0 spiro atoms. The molecule has 0 bridgehead atoms. The number of benzene rings is 1. The average molecular weight is 198 g/mol. The van der Waals surface area contributed by atoms with E-state index in [1.165, 1.54) is 0 Å². The summed E-state index contributed by atoms with van der Waals surface area (Å²) in [4.78, 5) is 22.9. The molecule has 0 aromatic heterocycles. The lowest BCUT2D eigenvalue weighted by atomic mass is 9.99. The quantitative estimate of drug-likeness (QED) is 0.685. The van der Waals surface area contributed by atoms with Crippen LogP contribution >= 0.6 is 0 Å². The summed E-state index contributed by atoms with van der Waals surface area (Å²) < 4.78 is 0. The highest BCUT2D eigenvalue weighted by Gasteiger charge is 2.27. The Morgan fingerprint density at radius 1 is 0.933 bits per heavy atom. The molecule has 0 fully saturated rings. The summed E-state index contributed by atoms with van der Waals surface area (Å²) in [6.07, 6.45) is 3.31. The molecule has 1 aliphatic rings. The van der Waals surface area contributed by atoms with E-state index in [1.54, 1.807) is 24.3 Å². The molecule has 0 saturated carbocycles. The summed E-state index contributed by atoms with van der Waals surface area (Å²) >= 11 is 0. The smallest absolute Gasteiger partial charge is 0.171 e. The van der Waals surface area contributed by atoms with Gasteiger partial charge in [-0.2, -0.15) is 0 Å². The van der Waals surface area contributed by atoms with Crippen molar-refractivity contribution in [2.45, 2.75) is 6.42 Å². The zero-order valence-electron chi connectivity index (χ0n) is 8.25. The third-order valence-corrected chi connectivity index (χ3v) is 2.58. The van der Waals surface area contributed by atoms with Crippen LogP contribution in [0.5, 0.6) is 0 Å². The summed E-state index contributed by atoms with van der Waals surface area (Å²) in [5.41, 5.74) is 2.71. The molecule has 74 valence electrons. The monoisotopic (exact) mass is 198 g/mol.